The molecule has 0 radical (unpaired) electrons. The van der Waals surface area contributed by atoms with Crippen LogP contribution in [-0.2, 0) is 11.3 Å². The summed E-state index contributed by atoms with van der Waals surface area (Å²) in [7, 11) is 0. The third-order valence-electron chi connectivity index (χ3n) is 3.96. The van der Waals surface area contributed by atoms with Gasteiger partial charge in [-0.1, -0.05) is 36.4 Å². The minimum Gasteiger partial charge on any atom is -0.354 e. The summed E-state index contributed by atoms with van der Waals surface area (Å²) in [5.74, 6) is -0.283. The molecule has 6 nitrogen and oxygen atoms in total. The number of nitrogens with zero attached hydrogens (tertiary/aromatic N) is 2. The molecule has 27 heavy (non-hydrogen) atoms. The van der Waals surface area contributed by atoms with Crippen molar-refractivity contribution in [3.05, 3.63) is 75.9 Å². The number of carbonyl (C=O) groups is 2. The summed E-state index contributed by atoms with van der Waals surface area (Å²) in [4.78, 5) is 36.9. The van der Waals surface area contributed by atoms with Crippen molar-refractivity contribution in [2.45, 2.75) is 19.4 Å². The predicted molar refractivity (Wildman–Crippen MR) is 105 cm³/mol. The number of ketones is 1. The van der Waals surface area contributed by atoms with Gasteiger partial charge in [-0.25, -0.2) is 4.68 Å². The zero-order chi connectivity index (χ0) is 19.1. The zero-order valence-electron chi connectivity index (χ0n) is 14.6. The van der Waals surface area contributed by atoms with Crippen LogP contribution in [0.1, 0.15) is 23.2 Å². The maximum atomic E-state index is 12.0. The van der Waals surface area contributed by atoms with Crippen molar-refractivity contribution >= 4 is 23.0 Å². The SMILES string of the molecule is O=C(CCC(=O)c1ccccc1)NCCn1nc(-c2cccs2)ccc1=O. The number of rotatable bonds is 8. The summed E-state index contributed by atoms with van der Waals surface area (Å²) in [6, 6.07) is 15.9. The minimum absolute atomic E-state index is 0.0627. The maximum absolute atomic E-state index is 12.0. The van der Waals surface area contributed by atoms with Crippen LogP contribution >= 0.6 is 11.3 Å². The number of hydrogen-bond acceptors (Lipinski definition) is 5. The molecule has 0 spiro atoms. The standard InChI is InChI=1S/C20H19N3O3S/c24-17(15-5-2-1-3-6-15)9-10-19(25)21-12-13-23-20(26)11-8-16(22-23)18-7-4-14-27-18/h1-8,11,14H,9-10,12-13H2,(H,21,25). The third-order valence-corrected chi connectivity index (χ3v) is 4.85. The number of amides is 1. The van der Waals surface area contributed by atoms with E-state index >= 15 is 0 Å². The fraction of sp³-hybridized carbons (Fsp3) is 0.200. The average Bonchev–Trinajstić information content (AvgIpc) is 3.23. The summed E-state index contributed by atoms with van der Waals surface area (Å²) >= 11 is 1.55. The van der Waals surface area contributed by atoms with Gasteiger partial charge in [0.05, 0.1) is 11.4 Å². The zero-order valence-corrected chi connectivity index (χ0v) is 15.4. The Balaban J connectivity index is 1.48. The summed E-state index contributed by atoms with van der Waals surface area (Å²) in [5.41, 5.74) is 1.11. The van der Waals surface area contributed by atoms with E-state index in [1.54, 1.807) is 41.7 Å². The first-order valence-corrected chi connectivity index (χ1v) is 9.48. The molecule has 0 atom stereocenters. The molecular formula is C20H19N3O3S. The molecule has 0 bridgehead atoms. The van der Waals surface area contributed by atoms with E-state index in [1.165, 1.54) is 10.7 Å². The molecule has 0 saturated heterocycles. The van der Waals surface area contributed by atoms with Gasteiger partial charge in [-0.05, 0) is 17.5 Å². The van der Waals surface area contributed by atoms with E-state index in [4.69, 9.17) is 0 Å². The molecule has 0 unspecified atom stereocenters. The second kappa shape index (κ2) is 9.05. The quantitative estimate of drug-likeness (QED) is 0.609. The van der Waals surface area contributed by atoms with Crippen molar-refractivity contribution in [2.75, 3.05) is 6.54 Å². The van der Waals surface area contributed by atoms with E-state index in [9.17, 15) is 14.4 Å². The van der Waals surface area contributed by atoms with E-state index in [1.807, 2.05) is 23.6 Å². The van der Waals surface area contributed by atoms with Crippen LogP contribution in [0, 0.1) is 0 Å². The van der Waals surface area contributed by atoms with E-state index in [0.29, 0.717) is 5.56 Å². The van der Waals surface area contributed by atoms with Gasteiger partial charge in [0.1, 0.15) is 5.69 Å². The van der Waals surface area contributed by atoms with Gasteiger partial charge in [0.25, 0.3) is 5.56 Å². The Kier molecular flexibility index (Phi) is 6.27. The number of hydrogen-bond donors (Lipinski definition) is 1. The molecule has 0 aliphatic rings. The van der Waals surface area contributed by atoms with Crippen LogP contribution < -0.4 is 10.9 Å². The number of nitrogens with one attached hydrogen (secondary N) is 1. The normalized spacial score (nSPS) is 10.5. The van der Waals surface area contributed by atoms with E-state index < -0.39 is 0 Å². The first kappa shape index (κ1) is 18.7. The largest absolute Gasteiger partial charge is 0.354 e. The second-order valence-corrected chi connectivity index (χ2v) is 6.84. The number of aromatic nitrogens is 2. The molecule has 2 heterocycles. The number of carbonyl (C=O) groups excluding carboxylic acids is 2. The van der Waals surface area contributed by atoms with Gasteiger partial charge < -0.3 is 5.32 Å². The molecule has 1 aromatic carbocycles. The van der Waals surface area contributed by atoms with Crippen molar-refractivity contribution in [1.29, 1.82) is 0 Å². The van der Waals surface area contributed by atoms with Crippen molar-refractivity contribution < 1.29 is 9.59 Å². The molecular weight excluding hydrogens is 362 g/mol. The Morgan fingerprint density at radius 3 is 2.56 bits per heavy atom. The lowest BCUT2D eigenvalue weighted by Crippen LogP contribution is -2.32. The van der Waals surface area contributed by atoms with Gasteiger partial charge in [0.2, 0.25) is 5.91 Å². The smallest absolute Gasteiger partial charge is 0.266 e. The summed E-state index contributed by atoms with van der Waals surface area (Å²) in [5, 5.41) is 9.01. The van der Waals surface area contributed by atoms with Crippen LogP contribution in [0.2, 0.25) is 0 Å². The first-order chi connectivity index (χ1) is 13.1. The molecule has 0 saturated carbocycles. The first-order valence-electron chi connectivity index (χ1n) is 8.60. The molecule has 0 aliphatic carbocycles. The van der Waals surface area contributed by atoms with Crippen LogP contribution in [0.3, 0.4) is 0 Å². The fourth-order valence-electron chi connectivity index (χ4n) is 2.55. The van der Waals surface area contributed by atoms with E-state index in [0.717, 1.165) is 10.6 Å². The van der Waals surface area contributed by atoms with Crippen molar-refractivity contribution in [3.63, 3.8) is 0 Å². The topological polar surface area (TPSA) is 81.1 Å². The number of Topliss-reactive ketones (excluding diaryl/α,β-unsaturated/α-hetero) is 1. The van der Waals surface area contributed by atoms with Gasteiger partial charge >= 0.3 is 0 Å². The third kappa shape index (κ3) is 5.21. The van der Waals surface area contributed by atoms with Crippen LogP contribution in [0.5, 0.6) is 0 Å². The van der Waals surface area contributed by atoms with Gasteiger partial charge in [-0.15, -0.1) is 11.3 Å². The molecule has 2 aromatic heterocycles. The van der Waals surface area contributed by atoms with Gasteiger partial charge in [-0.2, -0.15) is 5.10 Å². The maximum Gasteiger partial charge on any atom is 0.266 e. The van der Waals surface area contributed by atoms with Crippen LogP contribution in [0.4, 0.5) is 0 Å². The highest BCUT2D eigenvalue weighted by Crippen LogP contribution is 2.20. The molecule has 3 rings (SSSR count). The predicted octanol–water partition coefficient (Wildman–Crippen LogP) is 2.75. The van der Waals surface area contributed by atoms with E-state index in [-0.39, 0.29) is 43.2 Å². The number of thiophene rings is 1. The summed E-state index contributed by atoms with van der Waals surface area (Å²) < 4.78 is 1.34. The Labute approximate surface area is 160 Å². The Bertz CT molecular complexity index is 966. The Morgan fingerprint density at radius 2 is 1.81 bits per heavy atom. The van der Waals surface area contributed by atoms with Crippen LogP contribution in [0.25, 0.3) is 10.6 Å². The van der Waals surface area contributed by atoms with Gasteiger partial charge in [-0.3, -0.25) is 14.4 Å². The van der Waals surface area contributed by atoms with Gasteiger partial charge in [0, 0.05) is 31.0 Å². The molecule has 138 valence electrons. The van der Waals surface area contributed by atoms with Crippen LogP contribution in [0.15, 0.2) is 64.8 Å². The summed E-state index contributed by atoms with van der Waals surface area (Å²) in [6.07, 6.45) is 0.271. The van der Waals surface area contributed by atoms with Gasteiger partial charge in [0.15, 0.2) is 5.78 Å². The highest BCUT2D eigenvalue weighted by molar-refractivity contribution is 7.13. The number of benzene rings is 1. The van der Waals surface area contributed by atoms with Crippen molar-refractivity contribution in [2.24, 2.45) is 0 Å². The fourth-order valence-corrected chi connectivity index (χ4v) is 3.24. The van der Waals surface area contributed by atoms with E-state index in [2.05, 4.69) is 10.4 Å². The molecule has 7 heteroatoms. The highest BCUT2D eigenvalue weighted by Gasteiger charge is 2.09. The average molecular weight is 381 g/mol. The lowest BCUT2D eigenvalue weighted by Gasteiger charge is -2.08. The lowest BCUT2D eigenvalue weighted by molar-refractivity contribution is -0.121. The monoisotopic (exact) mass is 381 g/mol. The highest BCUT2D eigenvalue weighted by atomic mass is 32.1. The van der Waals surface area contributed by atoms with Crippen LogP contribution in [-0.4, -0.2) is 28.0 Å². The minimum atomic E-state index is -0.221. The van der Waals surface area contributed by atoms with Crippen molar-refractivity contribution in [1.82, 2.24) is 15.1 Å². The molecule has 1 N–H and O–H groups in total. The molecule has 1 amide bonds. The lowest BCUT2D eigenvalue weighted by atomic mass is 10.1. The molecule has 3 aromatic rings. The molecule has 0 aliphatic heterocycles. The Hall–Kier alpha value is -3.06. The second-order valence-electron chi connectivity index (χ2n) is 5.90. The van der Waals surface area contributed by atoms with Crippen molar-refractivity contribution in [3.8, 4) is 10.6 Å². The molecule has 0 fully saturated rings. The summed E-state index contributed by atoms with van der Waals surface area (Å²) in [6.45, 7) is 0.551. The Morgan fingerprint density at radius 1 is 1.00 bits per heavy atom.